The molecule has 3 rings (SSSR count). The Morgan fingerprint density at radius 1 is 0.968 bits per heavy atom. The molecular weight excluding hydrogens is 433 g/mol. The summed E-state index contributed by atoms with van der Waals surface area (Å²) >= 11 is 0. The normalized spacial score (nSPS) is 12.0. The van der Waals surface area contributed by atoms with Gasteiger partial charge in [0, 0.05) is 6.54 Å². The number of benzene rings is 2. The molecule has 6 nitrogen and oxygen atoms in total. The van der Waals surface area contributed by atoms with Crippen molar-refractivity contribution in [2.45, 2.75) is 24.2 Å². The number of hydrogen-bond donors (Lipinski definition) is 1. The van der Waals surface area contributed by atoms with Crippen LogP contribution in [0.4, 0.5) is 13.2 Å². The average Bonchev–Trinajstić information content (AvgIpc) is 3.25. The molecule has 2 aromatic carbocycles. The Balaban J connectivity index is 1.73. The second-order valence-electron chi connectivity index (χ2n) is 6.66. The zero-order chi connectivity index (χ0) is 22.5. The molecule has 0 aliphatic rings. The third-order valence-corrected chi connectivity index (χ3v) is 5.78. The van der Waals surface area contributed by atoms with Gasteiger partial charge in [0.05, 0.1) is 29.8 Å². The maximum Gasteiger partial charge on any atom is 0.416 e. The van der Waals surface area contributed by atoms with Gasteiger partial charge in [0.2, 0.25) is 15.9 Å². The van der Waals surface area contributed by atoms with Crippen molar-refractivity contribution in [3.05, 3.63) is 89.9 Å². The fourth-order valence-corrected chi connectivity index (χ4v) is 3.84. The molecule has 0 fully saturated rings. The van der Waals surface area contributed by atoms with Crippen LogP contribution in [0.2, 0.25) is 0 Å². The van der Waals surface area contributed by atoms with Crippen LogP contribution < -0.4 is 4.72 Å². The van der Waals surface area contributed by atoms with E-state index in [0.717, 1.165) is 23.8 Å². The Bertz CT molecular complexity index is 1120. The molecule has 0 spiro atoms. The van der Waals surface area contributed by atoms with Gasteiger partial charge in [0.15, 0.2) is 0 Å². The standard InChI is InChI=1S/C21H19F3N2O4S/c22-21(23,24)17-8-4-10-19(12-17)31(28,29)25-13-20(27)26(15-18-9-5-11-30-18)14-16-6-2-1-3-7-16/h1-12,25H,13-15H2. The van der Waals surface area contributed by atoms with Crippen molar-refractivity contribution < 1.29 is 30.8 Å². The van der Waals surface area contributed by atoms with Gasteiger partial charge < -0.3 is 9.32 Å². The zero-order valence-corrected chi connectivity index (χ0v) is 17.0. The number of nitrogens with zero attached hydrogens (tertiary/aromatic N) is 1. The first-order valence-corrected chi connectivity index (χ1v) is 10.6. The molecule has 0 radical (unpaired) electrons. The van der Waals surface area contributed by atoms with E-state index in [1.54, 1.807) is 24.3 Å². The number of rotatable bonds is 8. The summed E-state index contributed by atoms with van der Waals surface area (Å²) in [6, 6.07) is 15.7. The minimum Gasteiger partial charge on any atom is -0.467 e. The molecule has 1 heterocycles. The predicted molar refractivity (Wildman–Crippen MR) is 106 cm³/mol. The highest BCUT2D eigenvalue weighted by molar-refractivity contribution is 7.89. The summed E-state index contributed by atoms with van der Waals surface area (Å²) in [4.78, 5) is 13.6. The molecular formula is C21H19F3N2O4S. The molecule has 164 valence electrons. The lowest BCUT2D eigenvalue weighted by molar-refractivity contribution is -0.137. The molecule has 1 aromatic heterocycles. The largest absolute Gasteiger partial charge is 0.467 e. The van der Waals surface area contributed by atoms with Crippen LogP contribution in [0.15, 0.2) is 82.3 Å². The van der Waals surface area contributed by atoms with Crippen LogP contribution in [0, 0.1) is 0 Å². The van der Waals surface area contributed by atoms with Gasteiger partial charge in [0.25, 0.3) is 0 Å². The number of carbonyl (C=O) groups is 1. The van der Waals surface area contributed by atoms with E-state index in [1.165, 1.54) is 11.2 Å². The van der Waals surface area contributed by atoms with Crippen LogP contribution in [-0.2, 0) is 34.1 Å². The topological polar surface area (TPSA) is 79.6 Å². The Morgan fingerprint density at radius 2 is 1.71 bits per heavy atom. The number of sulfonamides is 1. The number of halogens is 3. The van der Waals surface area contributed by atoms with E-state index < -0.39 is 39.1 Å². The number of alkyl halides is 3. The number of hydrogen-bond acceptors (Lipinski definition) is 4. The van der Waals surface area contributed by atoms with Crippen molar-refractivity contribution in [3.8, 4) is 0 Å². The van der Waals surface area contributed by atoms with Crippen LogP contribution in [0.5, 0.6) is 0 Å². The van der Waals surface area contributed by atoms with Crippen LogP contribution in [-0.4, -0.2) is 25.8 Å². The first-order chi connectivity index (χ1) is 14.6. The Labute approximate surface area is 177 Å². The predicted octanol–water partition coefficient (Wildman–Crippen LogP) is 3.81. The van der Waals surface area contributed by atoms with Gasteiger partial charge in [-0.1, -0.05) is 36.4 Å². The quantitative estimate of drug-likeness (QED) is 0.564. The Hall–Kier alpha value is -3.11. The van der Waals surface area contributed by atoms with Gasteiger partial charge in [-0.15, -0.1) is 0 Å². The zero-order valence-electron chi connectivity index (χ0n) is 16.2. The summed E-state index contributed by atoms with van der Waals surface area (Å²) in [5, 5.41) is 0. The second-order valence-corrected chi connectivity index (χ2v) is 8.43. The van der Waals surface area contributed by atoms with Crippen LogP contribution in [0.3, 0.4) is 0 Å². The van der Waals surface area contributed by atoms with Gasteiger partial charge >= 0.3 is 6.18 Å². The molecule has 0 aliphatic heterocycles. The highest BCUT2D eigenvalue weighted by atomic mass is 32.2. The number of amides is 1. The van der Waals surface area contributed by atoms with E-state index in [-0.39, 0.29) is 13.1 Å². The highest BCUT2D eigenvalue weighted by Gasteiger charge is 2.31. The monoisotopic (exact) mass is 452 g/mol. The SMILES string of the molecule is O=C(CNS(=O)(=O)c1cccc(C(F)(F)F)c1)N(Cc1ccccc1)Cc1ccco1. The summed E-state index contributed by atoms with van der Waals surface area (Å²) < 4.78 is 70.9. The molecule has 0 saturated carbocycles. The first kappa shape index (κ1) is 22.6. The van der Waals surface area contributed by atoms with E-state index >= 15 is 0 Å². The van der Waals surface area contributed by atoms with Crippen LogP contribution >= 0.6 is 0 Å². The van der Waals surface area contributed by atoms with Gasteiger partial charge in [0.1, 0.15) is 5.76 Å². The molecule has 0 aliphatic carbocycles. The fraction of sp³-hybridized carbons (Fsp3) is 0.190. The Morgan fingerprint density at radius 3 is 2.35 bits per heavy atom. The molecule has 1 N–H and O–H groups in total. The van der Waals surface area contributed by atoms with Crippen molar-refractivity contribution in [2.24, 2.45) is 0 Å². The Kier molecular flexibility index (Phi) is 6.81. The fourth-order valence-electron chi connectivity index (χ4n) is 2.82. The summed E-state index contributed by atoms with van der Waals surface area (Å²) in [5.41, 5.74) is -0.270. The number of carbonyl (C=O) groups excluding carboxylic acids is 1. The second kappa shape index (κ2) is 9.36. The summed E-state index contributed by atoms with van der Waals surface area (Å²) in [6.45, 7) is -0.316. The molecule has 31 heavy (non-hydrogen) atoms. The maximum absolute atomic E-state index is 12.9. The van der Waals surface area contributed by atoms with Gasteiger partial charge in [-0.3, -0.25) is 4.79 Å². The third-order valence-electron chi connectivity index (χ3n) is 4.38. The van der Waals surface area contributed by atoms with E-state index in [4.69, 9.17) is 4.42 Å². The summed E-state index contributed by atoms with van der Waals surface area (Å²) in [6.07, 6.45) is -3.23. The lowest BCUT2D eigenvalue weighted by Crippen LogP contribution is -2.39. The summed E-state index contributed by atoms with van der Waals surface area (Å²) in [7, 11) is -4.33. The third kappa shape index (κ3) is 6.19. The van der Waals surface area contributed by atoms with Gasteiger partial charge in [-0.2, -0.15) is 13.2 Å². The molecule has 1 amide bonds. The molecule has 10 heteroatoms. The molecule has 3 aromatic rings. The van der Waals surface area contributed by atoms with Gasteiger partial charge in [-0.05, 0) is 35.9 Å². The summed E-state index contributed by atoms with van der Waals surface area (Å²) in [5.74, 6) is -0.0548. The van der Waals surface area contributed by atoms with E-state index in [0.29, 0.717) is 11.8 Å². The van der Waals surface area contributed by atoms with E-state index in [2.05, 4.69) is 4.72 Å². The van der Waals surface area contributed by atoms with Crippen molar-refractivity contribution in [1.29, 1.82) is 0 Å². The van der Waals surface area contributed by atoms with E-state index in [1.807, 2.05) is 18.2 Å². The van der Waals surface area contributed by atoms with Crippen LogP contribution in [0.25, 0.3) is 0 Å². The smallest absolute Gasteiger partial charge is 0.416 e. The van der Waals surface area contributed by atoms with E-state index in [9.17, 15) is 26.4 Å². The average molecular weight is 452 g/mol. The van der Waals surface area contributed by atoms with Crippen LogP contribution in [0.1, 0.15) is 16.9 Å². The lowest BCUT2D eigenvalue weighted by atomic mass is 10.2. The minimum atomic E-state index is -4.68. The highest BCUT2D eigenvalue weighted by Crippen LogP contribution is 2.30. The molecule has 0 bridgehead atoms. The van der Waals surface area contributed by atoms with Crippen molar-refractivity contribution >= 4 is 15.9 Å². The van der Waals surface area contributed by atoms with Gasteiger partial charge in [-0.25, -0.2) is 13.1 Å². The first-order valence-electron chi connectivity index (χ1n) is 9.16. The molecule has 0 atom stereocenters. The number of furan rings is 1. The lowest BCUT2D eigenvalue weighted by Gasteiger charge is -2.22. The minimum absolute atomic E-state index is 0.103. The van der Waals surface area contributed by atoms with Crippen molar-refractivity contribution in [2.75, 3.05) is 6.54 Å². The maximum atomic E-state index is 12.9. The number of nitrogens with one attached hydrogen (secondary N) is 1. The van der Waals surface area contributed by atoms with Crippen molar-refractivity contribution in [1.82, 2.24) is 9.62 Å². The van der Waals surface area contributed by atoms with Crippen molar-refractivity contribution in [3.63, 3.8) is 0 Å². The molecule has 0 unspecified atom stereocenters. The molecule has 0 saturated heterocycles.